The molecule has 0 N–H and O–H groups in total. The minimum Gasteiger partial charge on any atom is -0.490 e. The number of nitrogens with zero attached hydrogens (tertiary/aromatic N) is 1. The van der Waals surface area contributed by atoms with Crippen molar-refractivity contribution in [3.8, 4) is 11.5 Å². The maximum Gasteiger partial charge on any atom is 0.363 e. The van der Waals surface area contributed by atoms with Gasteiger partial charge in [-0.1, -0.05) is 11.6 Å². The van der Waals surface area contributed by atoms with Gasteiger partial charge >= 0.3 is 11.9 Å². The first-order chi connectivity index (χ1) is 16.7. The van der Waals surface area contributed by atoms with E-state index in [1.165, 1.54) is 0 Å². The van der Waals surface area contributed by atoms with Crippen molar-refractivity contribution in [3.05, 3.63) is 94.5 Å². The summed E-state index contributed by atoms with van der Waals surface area (Å²) in [5.74, 6) is -0.367. The Kier molecular flexibility index (Phi) is 8.31. The topological polar surface area (TPSA) is 74.2 Å². The van der Waals surface area contributed by atoms with Gasteiger partial charge in [-0.2, -0.15) is 0 Å². The first-order valence-electron chi connectivity index (χ1n) is 10.2. The molecule has 10 heteroatoms. The Morgan fingerprint density at radius 3 is 2.54 bits per heavy atom. The highest BCUT2D eigenvalue weighted by atomic mass is 127. The lowest BCUT2D eigenvalue weighted by Gasteiger charge is -2.13. The molecule has 4 rings (SSSR count). The van der Waals surface area contributed by atoms with Crippen molar-refractivity contribution < 1.29 is 23.8 Å². The van der Waals surface area contributed by atoms with E-state index in [1.54, 1.807) is 42.5 Å². The average Bonchev–Trinajstić information content (AvgIpc) is 3.18. The minimum absolute atomic E-state index is 0.134. The van der Waals surface area contributed by atoms with Crippen LogP contribution >= 0.6 is 66.1 Å². The van der Waals surface area contributed by atoms with E-state index in [1.807, 2.05) is 25.1 Å². The van der Waals surface area contributed by atoms with Crippen LogP contribution in [-0.4, -0.2) is 24.4 Å². The largest absolute Gasteiger partial charge is 0.490 e. The first-order valence-corrected chi connectivity index (χ1v) is 13.2. The standard InChI is InChI=1S/C25H15Br2ClINO5/c1-2-33-21-11-13(9-18(27)22(21)34-24(31)14-3-6-16(28)7-4-14)10-20-25(32)35-23(30-20)15-5-8-19(29)17(26)12-15/h3-12H,2H2,1H3/b20-10-. The smallest absolute Gasteiger partial charge is 0.363 e. The van der Waals surface area contributed by atoms with Gasteiger partial charge in [-0.05, 0) is 128 Å². The molecule has 0 atom stereocenters. The van der Waals surface area contributed by atoms with Crippen molar-refractivity contribution in [2.45, 2.75) is 6.92 Å². The van der Waals surface area contributed by atoms with Gasteiger partial charge in [0.05, 0.1) is 16.6 Å². The Hall–Kier alpha value is -2.21. The zero-order valence-electron chi connectivity index (χ0n) is 18.0. The molecule has 1 aliphatic rings. The monoisotopic (exact) mass is 729 g/mol. The van der Waals surface area contributed by atoms with Gasteiger partial charge in [0.2, 0.25) is 5.90 Å². The van der Waals surface area contributed by atoms with Crippen LogP contribution in [0.15, 0.2) is 74.2 Å². The summed E-state index contributed by atoms with van der Waals surface area (Å²) >= 11 is 15.0. The zero-order valence-corrected chi connectivity index (χ0v) is 24.1. The van der Waals surface area contributed by atoms with Crippen molar-refractivity contribution in [2.75, 3.05) is 6.61 Å². The lowest BCUT2D eigenvalue weighted by Crippen LogP contribution is -2.10. The molecule has 1 heterocycles. The molecule has 0 aromatic heterocycles. The van der Waals surface area contributed by atoms with Gasteiger partial charge in [-0.25, -0.2) is 14.6 Å². The Morgan fingerprint density at radius 2 is 1.86 bits per heavy atom. The SMILES string of the molecule is CCOc1cc(/C=C2\N=C(c3ccc(I)c(Br)c3)OC2=O)cc(Br)c1OC(=O)c1ccc(Cl)cc1. The number of aliphatic imine (C=N–C) groups is 1. The second-order valence-electron chi connectivity index (χ2n) is 7.12. The number of hydrogen-bond acceptors (Lipinski definition) is 6. The van der Waals surface area contributed by atoms with E-state index >= 15 is 0 Å². The molecule has 3 aromatic rings. The normalized spacial score (nSPS) is 14.0. The van der Waals surface area contributed by atoms with Crippen LogP contribution in [0.3, 0.4) is 0 Å². The molecule has 0 saturated heterocycles. The number of ether oxygens (including phenoxy) is 3. The van der Waals surface area contributed by atoms with Crippen molar-refractivity contribution in [2.24, 2.45) is 4.99 Å². The molecular formula is C25H15Br2ClINO5. The molecule has 0 unspecified atom stereocenters. The molecule has 0 radical (unpaired) electrons. The molecule has 0 spiro atoms. The summed E-state index contributed by atoms with van der Waals surface area (Å²) in [4.78, 5) is 29.4. The lowest BCUT2D eigenvalue weighted by atomic mass is 10.1. The predicted octanol–water partition coefficient (Wildman–Crippen LogP) is 7.43. The second-order valence-corrected chi connectivity index (χ2v) is 10.4. The van der Waals surface area contributed by atoms with Crippen LogP contribution < -0.4 is 9.47 Å². The van der Waals surface area contributed by atoms with E-state index in [0.717, 1.165) is 8.04 Å². The number of cyclic esters (lactones) is 1. The average molecular weight is 732 g/mol. The molecular weight excluding hydrogens is 716 g/mol. The molecule has 0 fully saturated rings. The van der Waals surface area contributed by atoms with Gasteiger partial charge in [-0.15, -0.1) is 0 Å². The third-order valence-corrected chi connectivity index (χ3v) is 7.88. The van der Waals surface area contributed by atoms with Crippen LogP contribution in [0.25, 0.3) is 6.08 Å². The molecule has 6 nitrogen and oxygen atoms in total. The highest BCUT2D eigenvalue weighted by Crippen LogP contribution is 2.38. The van der Waals surface area contributed by atoms with Gasteiger partial charge in [0.15, 0.2) is 17.2 Å². The fourth-order valence-electron chi connectivity index (χ4n) is 3.09. The first kappa shape index (κ1) is 25.9. The molecule has 35 heavy (non-hydrogen) atoms. The fraction of sp³-hybridized carbons (Fsp3) is 0.0800. The molecule has 3 aromatic carbocycles. The Morgan fingerprint density at radius 1 is 1.11 bits per heavy atom. The summed E-state index contributed by atoms with van der Waals surface area (Å²) in [6.07, 6.45) is 1.58. The second kappa shape index (κ2) is 11.2. The predicted molar refractivity (Wildman–Crippen MR) is 149 cm³/mol. The molecule has 1 aliphatic heterocycles. The van der Waals surface area contributed by atoms with Crippen molar-refractivity contribution in [3.63, 3.8) is 0 Å². The van der Waals surface area contributed by atoms with Crippen LogP contribution in [-0.2, 0) is 9.53 Å². The van der Waals surface area contributed by atoms with Gasteiger partial charge in [0.1, 0.15) is 0 Å². The van der Waals surface area contributed by atoms with Crippen LogP contribution in [0, 0.1) is 3.57 Å². The van der Waals surface area contributed by atoms with Gasteiger partial charge in [-0.3, -0.25) is 0 Å². The number of carbonyl (C=O) groups is 2. The molecule has 0 bridgehead atoms. The van der Waals surface area contributed by atoms with Crippen molar-refractivity contribution in [1.82, 2.24) is 0 Å². The third-order valence-electron chi connectivity index (χ3n) is 4.70. The third kappa shape index (κ3) is 6.14. The zero-order chi connectivity index (χ0) is 25.1. The quantitative estimate of drug-likeness (QED) is 0.114. The Bertz CT molecular complexity index is 1390. The van der Waals surface area contributed by atoms with Crippen LogP contribution in [0.5, 0.6) is 11.5 Å². The number of esters is 2. The van der Waals surface area contributed by atoms with Crippen molar-refractivity contribution >= 4 is 90.0 Å². The molecule has 0 saturated carbocycles. The van der Waals surface area contributed by atoms with E-state index < -0.39 is 11.9 Å². The molecule has 0 amide bonds. The highest BCUT2D eigenvalue weighted by Gasteiger charge is 2.25. The van der Waals surface area contributed by atoms with Gasteiger partial charge in [0.25, 0.3) is 0 Å². The summed E-state index contributed by atoms with van der Waals surface area (Å²) in [7, 11) is 0. The number of halogens is 4. The van der Waals surface area contributed by atoms with E-state index in [0.29, 0.717) is 38.5 Å². The van der Waals surface area contributed by atoms with Crippen molar-refractivity contribution in [1.29, 1.82) is 0 Å². The van der Waals surface area contributed by atoms with E-state index in [-0.39, 0.29) is 17.3 Å². The van der Waals surface area contributed by atoms with Crippen LogP contribution in [0.4, 0.5) is 0 Å². The maximum absolute atomic E-state index is 12.6. The maximum atomic E-state index is 12.6. The Balaban J connectivity index is 1.64. The van der Waals surface area contributed by atoms with Crippen LogP contribution in [0.2, 0.25) is 5.02 Å². The summed E-state index contributed by atoms with van der Waals surface area (Å²) in [6.45, 7) is 2.15. The summed E-state index contributed by atoms with van der Waals surface area (Å²) in [6, 6.07) is 15.3. The number of benzene rings is 3. The molecule has 0 aliphatic carbocycles. The number of rotatable bonds is 6. The molecule has 178 valence electrons. The fourth-order valence-corrected chi connectivity index (χ4v) is 4.47. The van der Waals surface area contributed by atoms with E-state index in [4.69, 9.17) is 25.8 Å². The summed E-state index contributed by atoms with van der Waals surface area (Å²) in [5.41, 5.74) is 1.75. The van der Waals surface area contributed by atoms with Gasteiger partial charge in [0, 0.05) is 18.6 Å². The Labute approximate surface area is 236 Å². The number of carbonyl (C=O) groups excluding carboxylic acids is 2. The minimum atomic E-state index is -0.568. The summed E-state index contributed by atoms with van der Waals surface area (Å²) < 4.78 is 19.0. The van der Waals surface area contributed by atoms with E-state index in [2.05, 4.69) is 59.4 Å². The number of hydrogen-bond donors (Lipinski definition) is 0. The lowest BCUT2D eigenvalue weighted by molar-refractivity contribution is -0.129. The summed E-state index contributed by atoms with van der Waals surface area (Å²) in [5, 5.41) is 0.515. The van der Waals surface area contributed by atoms with E-state index in [9.17, 15) is 9.59 Å². The highest BCUT2D eigenvalue weighted by molar-refractivity contribution is 14.1. The van der Waals surface area contributed by atoms with Crippen LogP contribution in [0.1, 0.15) is 28.4 Å². The van der Waals surface area contributed by atoms with Gasteiger partial charge < -0.3 is 14.2 Å².